The molecule has 2 aromatic rings. The summed E-state index contributed by atoms with van der Waals surface area (Å²) in [5, 5.41) is 25.9. The van der Waals surface area contributed by atoms with E-state index in [4.69, 9.17) is 21.5 Å². The van der Waals surface area contributed by atoms with Crippen LogP contribution < -0.4 is 5.32 Å². The van der Waals surface area contributed by atoms with Crippen molar-refractivity contribution >= 4 is 28.5 Å². The van der Waals surface area contributed by atoms with Crippen LogP contribution in [-0.4, -0.2) is 41.9 Å². The summed E-state index contributed by atoms with van der Waals surface area (Å²) in [6.07, 6.45) is -0.574. The maximum Gasteiger partial charge on any atom is 0.408 e. The number of hydrogen-bond acceptors (Lipinski definition) is 7. The van der Waals surface area contributed by atoms with Crippen LogP contribution in [-0.2, 0) is 11.3 Å². The molecule has 0 spiro atoms. The van der Waals surface area contributed by atoms with E-state index >= 15 is 0 Å². The van der Waals surface area contributed by atoms with E-state index in [1.54, 1.807) is 26.8 Å². The Kier molecular flexibility index (Phi) is 4.45. The van der Waals surface area contributed by atoms with Crippen LogP contribution in [0.3, 0.4) is 0 Å². The number of aromatic nitrogens is 4. The van der Waals surface area contributed by atoms with Crippen molar-refractivity contribution in [2.24, 2.45) is 5.16 Å². The van der Waals surface area contributed by atoms with Gasteiger partial charge in [-0.3, -0.25) is 0 Å². The van der Waals surface area contributed by atoms with Gasteiger partial charge in [0, 0.05) is 0 Å². The number of carbonyl (C=O) groups excluding carboxylic acids is 1. The molecule has 2 heterocycles. The molecule has 1 amide bonds. The Morgan fingerprint density at radius 3 is 2.82 bits per heavy atom. The smallest absolute Gasteiger partial charge is 0.408 e. The van der Waals surface area contributed by atoms with Crippen molar-refractivity contribution in [1.82, 2.24) is 25.1 Å². The average Bonchev–Trinajstić information content (AvgIpc) is 2.84. The predicted molar refractivity (Wildman–Crippen MR) is 78.0 cm³/mol. The minimum atomic E-state index is -0.590. The van der Waals surface area contributed by atoms with Crippen LogP contribution in [0.15, 0.2) is 17.3 Å². The molecule has 0 saturated carbocycles. The molecule has 0 aliphatic rings. The fourth-order valence-electron chi connectivity index (χ4n) is 1.57. The van der Waals surface area contributed by atoms with Gasteiger partial charge < -0.3 is 15.3 Å². The summed E-state index contributed by atoms with van der Waals surface area (Å²) >= 11 is 5.70. The summed E-state index contributed by atoms with van der Waals surface area (Å²) in [5.41, 5.74) is 0.121. The number of amides is 1. The molecule has 2 N–H and O–H groups in total. The predicted octanol–water partition coefficient (Wildman–Crippen LogP) is 1.52. The minimum Gasteiger partial charge on any atom is -0.444 e. The zero-order valence-corrected chi connectivity index (χ0v) is 13.0. The lowest BCUT2D eigenvalue weighted by Gasteiger charge is -2.19. The summed E-state index contributed by atoms with van der Waals surface area (Å²) in [6.45, 7) is 5.37. The van der Waals surface area contributed by atoms with Gasteiger partial charge in [-0.2, -0.15) is 9.61 Å². The van der Waals surface area contributed by atoms with Crippen LogP contribution in [0.5, 0.6) is 0 Å². The van der Waals surface area contributed by atoms with E-state index in [0.29, 0.717) is 11.5 Å². The number of nitrogens with one attached hydrogen (secondary N) is 1. The zero-order valence-electron chi connectivity index (χ0n) is 12.2. The summed E-state index contributed by atoms with van der Waals surface area (Å²) < 4.78 is 6.52. The topological polar surface area (TPSA) is 114 Å². The van der Waals surface area contributed by atoms with Crippen molar-refractivity contribution in [3.8, 4) is 0 Å². The first kappa shape index (κ1) is 16.0. The zero-order chi connectivity index (χ0) is 16.3. The molecule has 0 radical (unpaired) electrons. The first-order valence-electron chi connectivity index (χ1n) is 6.36. The van der Waals surface area contributed by atoms with Gasteiger partial charge in [-0.05, 0) is 32.9 Å². The molecular weight excluding hydrogens is 312 g/mol. The van der Waals surface area contributed by atoms with Gasteiger partial charge in [0.25, 0.3) is 0 Å². The fourth-order valence-corrected chi connectivity index (χ4v) is 1.67. The van der Waals surface area contributed by atoms with Gasteiger partial charge in [-0.15, -0.1) is 10.2 Å². The minimum absolute atomic E-state index is 0.0699. The molecule has 0 saturated heterocycles. The third-order valence-corrected chi connectivity index (χ3v) is 2.69. The number of oxime groups is 1. The Morgan fingerprint density at radius 2 is 2.18 bits per heavy atom. The monoisotopic (exact) mass is 326 g/mol. The molecule has 0 unspecified atom stereocenters. The average molecular weight is 327 g/mol. The Balaban J connectivity index is 2.16. The number of halogens is 1. The molecule has 22 heavy (non-hydrogen) atoms. The summed E-state index contributed by atoms with van der Waals surface area (Å²) in [7, 11) is 0. The molecule has 10 heteroatoms. The highest BCUT2D eigenvalue weighted by Gasteiger charge is 2.17. The summed E-state index contributed by atoms with van der Waals surface area (Å²) in [6, 6.07) is 3.15. The molecule has 118 valence electrons. The van der Waals surface area contributed by atoms with Gasteiger partial charge in [0.1, 0.15) is 11.3 Å². The van der Waals surface area contributed by atoms with E-state index in [1.807, 2.05) is 0 Å². The standard InChI is InChI=1S/C12H15ClN6O3/c1-12(2,3)22-11(20)14-6-9-16-15-8-5-4-7(10(13)18-21)17-19(8)9/h4-5,21H,6H2,1-3H3,(H,14,20)/b18-10-. The van der Waals surface area contributed by atoms with Crippen molar-refractivity contribution in [2.75, 3.05) is 0 Å². The normalized spacial score (nSPS) is 12.5. The van der Waals surface area contributed by atoms with Crippen LogP contribution in [0.4, 0.5) is 4.79 Å². The lowest BCUT2D eigenvalue weighted by Crippen LogP contribution is -2.32. The van der Waals surface area contributed by atoms with Crippen molar-refractivity contribution in [3.63, 3.8) is 0 Å². The lowest BCUT2D eigenvalue weighted by molar-refractivity contribution is 0.0522. The van der Waals surface area contributed by atoms with Gasteiger partial charge in [0.2, 0.25) is 0 Å². The van der Waals surface area contributed by atoms with Crippen molar-refractivity contribution in [1.29, 1.82) is 0 Å². The maximum atomic E-state index is 11.6. The first-order chi connectivity index (χ1) is 10.3. The Hall–Kier alpha value is -2.42. The highest BCUT2D eigenvalue weighted by Crippen LogP contribution is 2.08. The number of hydrogen-bond donors (Lipinski definition) is 2. The highest BCUT2D eigenvalue weighted by molar-refractivity contribution is 6.69. The molecule has 0 aliphatic carbocycles. The maximum absolute atomic E-state index is 11.6. The van der Waals surface area contributed by atoms with Crippen LogP contribution in [0, 0.1) is 0 Å². The second kappa shape index (κ2) is 6.14. The molecule has 0 aliphatic heterocycles. The lowest BCUT2D eigenvalue weighted by atomic mass is 10.2. The molecule has 2 aromatic heterocycles. The molecule has 9 nitrogen and oxygen atoms in total. The van der Waals surface area contributed by atoms with Crippen molar-refractivity contribution in [3.05, 3.63) is 23.7 Å². The van der Waals surface area contributed by atoms with Crippen LogP contribution in [0.2, 0.25) is 0 Å². The number of carbonyl (C=O) groups is 1. The van der Waals surface area contributed by atoms with Gasteiger partial charge in [0.15, 0.2) is 16.6 Å². The van der Waals surface area contributed by atoms with Crippen LogP contribution in [0.1, 0.15) is 32.3 Å². The summed E-state index contributed by atoms with van der Waals surface area (Å²) in [4.78, 5) is 11.6. The quantitative estimate of drug-likeness (QED) is 0.502. The number of rotatable bonds is 3. The molecule has 0 fully saturated rings. The molecule has 0 bridgehead atoms. The number of ether oxygens (including phenoxy) is 1. The van der Waals surface area contributed by atoms with E-state index in [0.717, 1.165) is 0 Å². The second-order valence-electron chi connectivity index (χ2n) is 5.35. The second-order valence-corrected chi connectivity index (χ2v) is 5.71. The number of nitrogens with zero attached hydrogens (tertiary/aromatic N) is 5. The number of alkyl carbamates (subject to hydrolysis) is 1. The third-order valence-electron chi connectivity index (χ3n) is 2.42. The van der Waals surface area contributed by atoms with E-state index in [2.05, 4.69) is 25.8 Å². The Labute approximate surface area is 130 Å². The molecular formula is C12H15ClN6O3. The molecule has 0 aromatic carbocycles. The van der Waals surface area contributed by atoms with Gasteiger partial charge >= 0.3 is 6.09 Å². The van der Waals surface area contributed by atoms with Gasteiger partial charge in [-0.1, -0.05) is 16.8 Å². The Bertz CT molecular complexity index is 721. The van der Waals surface area contributed by atoms with E-state index < -0.39 is 11.7 Å². The van der Waals surface area contributed by atoms with E-state index in [-0.39, 0.29) is 17.4 Å². The van der Waals surface area contributed by atoms with Crippen molar-refractivity contribution < 1.29 is 14.7 Å². The van der Waals surface area contributed by atoms with Crippen LogP contribution >= 0.6 is 11.6 Å². The SMILES string of the molecule is CC(C)(C)OC(=O)NCc1nnc2ccc(/C(Cl)=N/O)nn12. The summed E-state index contributed by atoms with van der Waals surface area (Å²) in [5.74, 6) is 0.380. The van der Waals surface area contributed by atoms with Crippen molar-refractivity contribution in [2.45, 2.75) is 32.9 Å². The first-order valence-corrected chi connectivity index (χ1v) is 6.74. The highest BCUT2D eigenvalue weighted by atomic mass is 35.5. The largest absolute Gasteiger partial charge is 0.444 e. The van der Waals surface area contributed by atoms with E-state index in [1.165, 1.54) is 10.6 Å². The van der Waals surface area contributed by atoms with Gasteiger partial charge in [-0.25, -0.2) is 4.79 Å². The molecule has 0 atom stereocenters. The Morgan fingerprint density at radius 1 is 1.45 bits per heavy atom. The third kappa shape index (κ3) is 3.82. The number of fused-ring (bicyclic) bond motifs is 1. The fraction of sp³-hybridized carbons (Fsp3) is 0.417. The van der Waals surface area contributed by atoms with E-state index in [9.17, 15) is 4.79 Å². The van der Waals surface area contributed by atoms with Gasteiger partial charge in [0.05, 0.1) is 6.54 Å². The molecule has 2 rings (SSSR count). The van der Waals surface area contributed by atoms with Crippen LogP contribution in [0.25, 0.3) is 5.65 Å².